The quantitative estimate of drug-likeness (QED) is 0.499. The van der Waals surface area contributed by atoms with E-state index in [2.05, 4.69) is 15.3 Å². The van der Waals surface area contributed by atoms with E-state index in [0.29, 0.717) is 39.0 Å². The number of phenols is 1. The number of aromatic hydroxyl groups is 1. The summed E-state index contributed by atoms with van der Waals surface area (Å²) in [6.07, 6.45) is 1.50. The van der Waals surface area contributed by atoms with Gasteiger partial charge in [0, 0.05) is 11.1 Å². The van der Waals surface area contributed by atoms with Gasteiger partial charge >= 0.3 is 0 Å². The lowest BCUT2D eigenvalue weighted by atomic mass is 10.1. The third kappa shape index (κ3) is 3.63. The highest BCUT2D eigenvalue weighted by Crippen LogP contribution is 2.40. The summed E-state index contributed by atoms with van der Waals surface area (Å²) in [6, 6.07) is 10.3. The molecule has 0 saturated carbocycles. The van der Waals surface area contributed by atoms with Crippen LogP contribution in [-0.4, -0.2) is 47.5 Å². The number of methoxy groups -OCH3 is 3. The summed E-state index contributed by atoms with van der Waals surface area (Å²) in [6.45, 7) is 0. The van der Waals surface area contributed by atoms with Crippen LogP contribution in [-0.2, 0) is 0 Å². The highest BCUT2D eigenvalue weighted by molar-refractivity contribution is 7.71. The maximum Gasteiger partial charge on any atom is 0.216 e. The minimum absolute atomic E-state index is 0.116. The third-order valence-corrected chi connectivity index (χ3v) is 4.09. The third-order valence-electron chi connectivity index (χ3n) is 3.82. The Hall–Kier alpha value is -3.33. The van der Waals surface area contributed by atoms with E-state index in [-0.39, 0.29) is 5.75 Å². The lowest BCUT2D eigenvalue weighted by Gasteiger charge is -2.13. The van der Waals surface area contributed by atoms with E-state index in [9.17, 15) is 5.11 Å². The zero-order chi connectivity index (χ0) is 19.4. The molecule has 1 heterocycles. The van der Waals surface area contributed by atoms with Crippen LogP contribution in [0.15, 0.2) is 41.5 Å². The molecule has 140 valence electrons. The van der Waals surface area contributed by atoms with Crippen LogP contribution in [0.1, 0.15) is 5.56 Å². The van der Waals surface area contributed by atoms with Gasteiger partial charge in [0.1, 0.15) is 5.75 Å². The molecule has 0 radical (unpaired) electrons. The van der Waals surface area contributed by atoms with Crippen molar-refractivity contribution in [2.45, 2.75) is 0 Å². The molecule has 0 spiro atoms. The Bertz CT molecular complexity index is 1020. The van der Waals surface area contributed by atoms with Gasteiger partial charge in [-0.25, -0.2) is 5.10 Å². The number of H-pyrrole nitrogens is 1. The summed E-state index contributed by atoms with van der Waals surface area (Å²) >= 11 is 5.27. The first-order valence-corrected chi connectivity index (χ1v) is 8.30. The topological polar surface area (TPSA) is 93.9 Å². The number of aromatic amines is 1. The predicted molar refractivity (Wildman–Crippen MR) is 104 cm³/mol. The fraction of sp³-hybridized carbons (Fsp3) is 0.167. The second-order valence-electron chi connectivity index (χ2n) is 5.38. The predicted octanol–water partition coefficient (Wildman–Crippen LogP) is 3.22. The second kappa shape index (κ2) is 7.92. The van der Waals surface area contributed by atoms with E-state index < -0.39 is 0 Å². The van der Waals surface area contributed by atoms with Gasteiger partial charge in [-0.2, -0.15) is 14.9 Å². The number of nitrogens with one attached hydrogen (secondary N) is 1. The molecule has 0 aliphatic carbocycles. The Morgan fingerprint density at radius 1 is 1.11 bits per heavy atom. The van der Waals surface area contributed by atoms with Crippen LogP contribution in [0, 0.1) is 4.77 Å². The molecule has 27 heavy (non-hydrogen) atoms. The molecule has 0 aliphatic heterocycles. The van der Waals surface area contributed by atoms with Gasteiger partial charge in [-0.1, -0.05) is 12.1 Å². The SMILES string of the molecule is COc1cc(-c2n[nH]c(=S)n2N=Cc2ccccc2O)cc(OC)c1OC. The average molecular weight is 386 g/mol. The molecule has 3 aromatic rings. The first-order chi connectivity index (χ1) is 13.1. The van der Waals surface area contributed by atoms with Crippen LogP contribution in [0.2, 0.25) is 0 Å². The van der Waals surface area contributed by atoms with E-state index in [1.807, 2.05) is 0 Å². The number of hydrogen-bond acceptors (Lipinski definition) is 7. The molecule has 0 bridgehead atoms. The molecule has 0 saturated heterocycles. The molecule has 8 nitrogen and oxygen atoms in total. The van der Waals surface area contributed by atoms with E-state index >= 15 is 0 Å². The van der Waals surface area contributed by atoms with Crippen molar-refractivity contribution in [3.8, 4) is 34.4 Å². The van der Waals surface area contributed by atoms with Crippen molar-refractivity contribution in [3.63, 3.8) is 0 Å². The molecule has 1 aromatic heterocycles. The summed E-state index contributed by atoms with van der Waals surface area (Å²) in [5, 5.41) is 21.2. The van der Waals surface area contributed by atoms with Crippen molar-refractivity contribution in [1.82, 2.24) is 14.9 Å². The number of hydrogen-bond donors (Lipinski definition) is 2. The lowest BCUT2D eigenvalue weighted by Crippen LogP contribution is -1.99. The Morgan fingerprint density at radius 3 is 2.37 bits per heavy atom. The fourth-order valence-corrected chi connectivity index (χ4v) is 2.69. The normalized spacial score (nSPS) is 10.9. The number of para-hydroxylation sites is 1. The molecule has 2 aromatic carbocycles. The van der Waals surface area contributed by atoms with Gasteiger partial charge < -0.3 is 19.3 Å². The molecular formula is C18H18N4O4S. The van der Waals surface area contributed by atoms with Gasteiger partial charge in [0.05, 0.1) is 27.5 Å². The zero-order valence-corrected chi connectivity index (χ0v) is 15.8. The zero-order valence-electron chi connectivity index (χ0n) is 15.0. The first kappa shape index (κ1) is 18.5. The van der Waals surface area contributed by atoms with Crippen LogP contribution in [0.4, 0.5) is 0 Å². The average Bonchev–Trinajstić information content (AvgIpc) is 3.06. The molecule has 3 rings (SSSR count). The first-order valence-electron chi connectivity index (χ1n) is 7.89. The van der Waals surface area contributed by atoms with Crippen molar-refractivity contribution in [1.29, 1.82) is 0 Å². The standard InChI is InChI=1S/C18H18N4O4S/c1-24-14-8-12(9-15(25-2)16(14)26-3)17-20-21-18(27)22(17)19-10-11-6-4-5-7-13(11)23/h4-10,23H,1-3H3,(H,21,27). The Labute approximate surface area is 160 Å². The molecule has 0 unspecified atom stereocenters. The van der Waals surface area contributed by atoms with E-state index in [1.165, 1.54) is 32.2 Å². The highest BCUT2D eigenvalue weighted by Gasteiger charge is 2.17. The molecule has 0 fully saturated rings. The van der Waals surface area contributed by atoms with E-state index in [1.54, 1.807) is 36.4 Å². The summed E-state index contributed by atoms with van der Waals surface area (Å²) in [5.74, 6) is 2.01. The minimum atomic E-state index is 0.116. The van der Waals surface area contributed by atoms with Gasteiger partial charge in [-0.15, -0.1) is 0 Å². The van der Waals surface area contributed by atoms with Crippen molar-refractivity contribution in [2.24, 2.45) is 5.10 Å². The number of phenolic OH excluding ortho intramolecular Hbond substituents is 1. The Kier molecular flexibility index (Phi) is 5.41. The van der Waals surface area contributed by atoms with Crippen molar-refractivity contribution in [2.75, 3.05) is 21.3 Å². The van der Waals surface area contributed by atoms with Crippen LogP contribution in [0.5, 0.6) is 23.0 Å². The summed E-state index contributed by atoms with van der Waals surface area (Å²) in [4.78, 5) is 0. The Balaban J connectivity index is 2.10. The summed E-state index contributed by atoms with van der Waals surface area (Å²) < 4.78 is 17.8. The second-order valence-corrected chi connectivity index (χ2v) is 5.77. The molecule has 0 aliphatic rings. The van der Waals surface area contributed by atoms with Crippen molar-refractivity contribution in [3.05, 3.63) is 46.7 Å². The van der Waals surface area contributed by atoms with Gasteiger partial charge in [-0.3, -0.25) is 0 Å². The fourth-order valence-electron chi connectivity index (χ4n) is 2.51. The van der Waals surface area contributed by atoms with Crippen molar-refractivity contribution < 1.29 is 19.3 Å². The molecule has 2 N–H and O–H groups in total. The van der Waals surface area contributed by atoms with E-state index in [0.717, 1.165) is 0 Å². The molecular weight excluding hydrogens is 368 g/mol. The number of benzene rings is 2. The van der Waals surface area contributed by atoms with Crippen LogP contribution < -0.4 is 14.2 Å². The van der Waals surface area contributed by atoms with Crippen molar-refractivity contribution >= 4 is 18.4 Å². The Morgan fingerprint density at radius 2 is 1.78 bits per heavy atom. The summed E-state index contributed by atoms with van der Waals surface area (Å²) in [5.41, 5.74) is 1.21. The van der Waals surface area contributed by atoms with Gasteiger partial charge in [-0.05, 0) is 36.5 Å². The van der Waals surface area contributed by atoms with Gasteiger partial charge in [0.15, 0.2) is 17.3 Å². The van der Waals surface area contributed by atoms with Crippen LogP contribution in [0.25, 0.3) is 11.4 Å². The number of rotatable bonds is 6. The summed E-state index contributed by atoms with van der Waals surface area (Å²) in [7, 11) is 4.61. The minimum Gasteiger partial charge on any atom is -0.507 e. The van der Waals surface area contributed by atoms with Crippen LogP contribution >= 0.6 is 12.2 Å². The molecule has 0 amide bonds. The molecule has 0 atom stereocenters. The molecule has 9 heteroatoms. The van der Waals surface area contributed by atoms with E-state index in [4.69, 9.17) is 26.4 Å². The maximum atomic E-state index is 9.89. The maximum absolute atomic E-state index is 9.89. The highest BCUT2D eigenvalue weighted by atomic mass is 32.1. The number of nitrogens with zero attached hydrogens (tertiary/aromatic N) is 3. The van der Waals surface area contributed by atoms with Gasteiger partial charge in [0.2, 0.25) is 10.5 Å². The van der Waals surface area contributed by atoms with Crippen LogP contribution in [0.3, 0.4) is 0 Å². The largest absolute Gasteiger partial charge is 0.507 e. The van der Waals surface area contributed by atoms with Gasteiger partial charge in [0.25, 0.3) is 0 Å². The number of ether oxygens (including phenoxy) is 3. The lowest BCUT2D eigenvalue weighted by molar-refractivity contribution is 0.324. The monoisotopic (exact) mass is 386 g/mol. The smallest absolute Gasteiger partial charge is 0.216 e. The number of aromatic nitrogens is 3.